The van der Waals surface area contributed by atoms with Crippen LogP contribution >= 0.6 is 0 Å². The van der Waals surface area contributed by atoms with Gasteiger partial charge in [-0.2, -0.15) is 0 Å². The van der Waals surface area contributed by atoms with Crippen LogP contribution in [0.5, 0.6) is 0 Å². The summed E-state index contributed by atoms with van der Waals surface area (Å²) in [6, 6.07) is 0. The lowest BCUT2D eigenvalue weighted by atomic mass is 10.0. The van der Waals surface area contributed by atoms with E-state index in [0.29, 0.717) is 6.29 Å². The first-order valence-corrected chi connectivity index (χ1v) is 4.21. The van der Waals surface area contributed by atoms with Crippen molar-refractivity contribution >= 4 is 6.29 Å². The van der Waals surface area contributed by atoms with Crippen LogP contribution < -0.4 is 0 Å². The van der Waals surface area contributed by atoms with Crippen LogP contribution in [-0.4, -0.2) is 35.0 Å². The topological polar surface area (TPSA) is 55.8 Å². The predicted octanol–water partition coefficient (Wildman–Crippen LogP) is 0.00630. The lowest BCUT2D eigenvalue weighted by molar-refractivity contribution is -0.163. The molecule has 1 aliphatic heterocycles. The number of carbonyl (C=O) groups is 1. The normalized spacial score (nSPS) is 46.4. The van der Waals surface area contributed by atoms with Gasteiger partial charge in [-0.1, -0.05) is 6.08 Å². The van der Waals surface area contributed by atoms with E-state index in [9.17, 15) is 9.90 Å². The summed E-state index contributed by atoms with van der Waals surface area (Å²) in [5.74, 6) is -0.808. The summed E-state index contributed by atoms with van der Waals surface area (Å²) in [6.07, 6.45) is 2.41. The van der Waals surface area contributed by atoms with Crippen LogP contribution in [0, 0.1) is 0 Å². The van der Waals surface area contributed by atoms with Gasteiger partial charge in [-0.05, 0) is 19.9 Å². The molecule has 2 aliphatic rings. The van der Waals surface area contributed by atoms with E-state index in [1.54, 1.807) is 19.9 Å². The predicted molar refractivity (Wildman–Crippen MR) is 44.0 cm³/mol. The molecular formula is C9H12O4. The van der Waals surface area contributed by atoms with Crippen molar-refractivity contribution in [2.75, 3.05) is 0 Å². The zero-order valence-electron chi connectivity index (χ0n) is 7.56. The molecule has 3 atom stereocenters. The van der Waals surface area contributed by atoms with Gasteiger partial charge in [-0.3, -0.25) is 4.79 Å². The summed E-state index contributed by atoms with van der Waals surface area (Å²) < 4.78 is 10.9. The molecule has 0 aromatic rings. The Balaban J connectivity index is 2.35. The maximum atomic E-state index is 10.9. The molecular weight excluding hydrogens is 172 g/mol. The van der Waals surface area contributed by atoms with Gasteiger partial charge in [0.05, 0.1) is 0 Å². The number of aldehydes is 1. The Hall–Kier alpha value is -0.710. The van der Waals surface area contributed by atoms with Crippen molar-refractivity contribution in [2.24, 2.45) is 0 Å². The minimum Gasteiger partial charge on any atom is -0.386 e. The number of aliphatic hydroxyl groups is 1. The molecule has 4 nitrogen and oxygen atoms in total. The molecule has 0 saturated carbocycles. The minimum absolute atomic E-state index is 0.597. The summed E-state index contributed by atoms with van der Waals surface area (Å²) in [5.41, 5.74) is -1.08. The summed E-state index contributed by atoms with van der Waals surface area (Å²) >= 11 is 0. The molecule has 1 aliphatic carbocycles. The highest BCUT2D eigenvalue weighted by Gasteiger charge is 2.57. The van der Waals surface area contributed by atoms with Gasteiger partial charge < -0.3 is 14.6 Å². The first-order valence-electron chi connectivity index (χ1n) is 4.21. The van der Waals surface area contributed by atoms with Crippen molar-refractivity contribution in [2.45, 2.75) is 37.4 Å². The van der Waals surface area contributed by atoms with Crippen molar-refractivity contribution in [1.82, 2.24) is 0 Å². The summed E-state index contributed by atoms with van der Waals surface area (Å²) in [5, 5.41) is 9.48. The zero-order valence-corrected chi connectivity index (χ0v) is 7.56. The first kappa shape index (κ1) is 8.87. The zero-order chi connectivity index (χ0) is 9.69. The molecule has 4 heteroatoms. The molecule has 2 rings (SSSR count). The molecule has 1 fully saturated rings. The van der Waals surface area contributed by atoms with Crippen LogP contribution in [0.1, 0.15) is 13.8 Å². The molecule has 13 heavy (non-hydrogen) atoms. The highest BCUT2D eigenvalue weighted by atomic mass is 16.8. The number of hydrogen-bond acceptors (Lipinski definition) is 4. The molecule has 0 radical (unpaired) electrons. The third-order valence-corrected chi connectivity index (χ3v) is 2.33. The highest BCUT2D eigenvalue weighted by Crippen LogP contribution is 2.41. The number of aliphatic hydroxyl groups excluding tert-OH is 1. The molecule has 0 spiro atoms. The standard InChI is InChI=1S/C9H12O4/c1-8(2)12-7-6(11)3-4-9(7,5-10)13-8/h3-7,11H,1-2H3. The van der Waals surface area contributed by atoms with Gasteiger partial charge in [0.25, 0.3) is 0 Å². The van der Waals surface area contributed by atoms with E-state index in [4.69, 9.17) is 9.47 Å². The second-order valence-corrected chi connectivity index (χ2v) is 3.86. The lowest BCUT2D eigenvalue weighted by Crippen LogP contribution is -2.41. The fourth-order valence-electron chi connectivity index (χ4n) is 1.85. The van der Waals surface area contributed by atoms with Crippen LogP contribution in [0.4, 0.5) is 0 Å². The Morgan fingerprint density at radius 2 is 2.23 bits per heavy atom. The summed E-state index contributed by atoms with van der Waals surface area (Å²) in [4.78, 5) is 10.9. The fraction of sp³-hybridized carbons (Fsp3) is 0.667. The van der Waals surface area contributed by atoms with Crippen LogP contribution in [0.25, 0.3) is 0 Å². The Bertz CT molecular complexity index is 271. The van der Waals surface area contributed by atoms with Gasteiger partial charge in [-0.15, -0.1) is 0 Å². The van der Waals surface area contributed by atoms with Crippen LogP contribution in [-0.2, 0) is 14.3 Å². The van der Waals surface area contributed by atoms with Gasteiger partial charge in [0.2, 0.25) is 0 Å². The molecule has 72 valence electrons. The van der Waals surface area contributed by atoms with Gasteiger partial charge in [0, 0.05) is 0 Å². The maximum absolute atomic E-state index is 10.9. The second kappa shape index (κ2) is 2.41. The van der Waals surface area contributed by atoms with E-state index in [2.05, 4.69) is 0 Å². The number of ether oxygens (including phenoxy) is 2. The highest BCUT2D eigenvalue weighted by molar-refractivity contribution is 5.70. The van der Waals surface area contributed by atoms with E-state index in [1.165, 1.54) is 6.08 Å². The monoisotopic (exact) mass is 184 g/mol. The molecule has 1 N–H and O–H groups in total. The van der Waals surface area contributed by atoms with Gasteiger partial charge in [0.1, 0.15) is 12.2 Å². The quantitative estimate of drug-likeness (QED) is 0.460. The third kappa shape index (κ3) is 1.14. The van der Waals surface area contributed by atoms with Gasteiger partial charge in [-0.25, -0.2) is 0 Å². The first-order chi connectivity index (χ1) is 5.99. The van der Waals surface area contributed by atoms with E-state index >= 15 is 0 Å². The van der Waals surface area contributed by atoms with Crippen molar-refractivity contribution < 1.29 is 19.4 Å². The average Bonchev–Trinajstić information content (AvgIpc) is 2.47. The van der Waals surface area contributed by atoms with Crippen LogP contribution in [0.3, 0.4) is 0 Å². The number of fused-ring (bicyclic) bond motifs is 1. The maximum Gasteiger partial charge on any atom is 0.174 e. The smallest absolute Gasteiger partial charge is 0.174 e. The largest absolute Gasteiger partial charge is 0.386 e. The van der Waals surface area contributed by atoms with Crippen LogP contribution in [0.15, 0.2) is 12.2 Å². The molecule has 1 heterocycles. The molecule has 0 amide bonds. The number of rotatable bonds is 1. The number of hydrogen-bond donors (Lipinski definition) is 1. The minimum atomic E-state index is -1.08. The van der Waals surface area contributed by atoms with Crippen LogP contribution in [0.2, 0.25) is 0 Å². The Kier molecular flexibility index (Phi) is 1.64. The lowest BCUT2D eigenvalue weighted by Gasteiger charge is -2.19. The fourth-order valence-corrected chi connectivity index (χ4v) is 1.85. The van der Waals surface area contributed by atoms with Crippen molar-refractivity contribution in [3.8, 4) is 0 Å². The molecule has 1 saturated heterocycles. The van der Waals surface area contributed by atoms with Gasteiger partial charge in [0.15, 0.2) is 17.7 Å². The van der Waals surface area contributed by atoms with Crippen molar-refractivity contribution in [3.05, 3.63) is 12.2 Å². The van der Waals surface area contributed by atoms with E-state index in [1.807, 2.05) is 0 Å². The van der Waals surface area contributed by atoms with E-state index in [0.717, 1.165) is 0 Å². The number of carbonyl (C=O) groups excluding carboxylic acids is 1. The summed E-state index contributed by atoms with van der Waals surface area (Å²) in [6.45, 7) is 3.44. The second-order valence-electron chi connectivity index (χ2n) is 3.86. The molecule has 3 unspecified atom stereocenters. The van der Waals surface area contributed by atoms with Crippen molar-refractivity contribution in [3.63, 3.8) is 0 Å². The Morgan fingerprint density at radius 1 is 1.54 bits per heavy atom. The molecule has 0 aromatic carbocycles. The average molecular weight is 184 g/mol. The third-order valence-electron chi connectivity index (χ3n) is 2.33. The van der Waals surface area contributed by atoms with Crippen molar-refractivity contribution in [1.29, 1.82) is 0 Å². The van der Waals surface area contributed by atoms with Gasteiger partial charge >= 0.3 is 0 Å². The Morgan fingerprint density at radius 3 is 2.77 bits per heavy atom. The van der Waals surface area contributed by atoms with E-state index < -0.39 is 23.6 Å². The molecule has 0 bridgehead atoms. The summed E-state index contributed by atoms with van der Waals surface area (Å²) in [7, 11) is 0. The Labute approximate surface area is 76.1 Å². The molecule has 0 aromatic heterocycles. The van der Waals surface area contributed by atoms with E-state index in [-0.39, 0.29) is 0 Å². The SMILES string of the molecule is CC1(C)OC2C(O)C=CC2(C=O)O1.